The molecule has 0 aliphatic carbocycles. The number of carbonyl (C=O) groups excluding carboxylic acids is 4. The highest BCUT2D eigenvalue weighted by atomic mass is 32.2. The van der Waals surface area contributed by atoms with Crippen LogP contribution in [0.1, 0.15) is 52.3 Å². The molecule has 0 radical (unpaired) electrons. The summed E-state index contributed by atoms with van der Waals surface area (Å²) in [5, 5.41) is 6.56. The van der Waals surface area contributed by atoms with E-state index < -0.39 is 39.8 Å². The Morgan fingerprint density at radius 1 is 1.11 bits per heavy atom. The van der Waals surface area contributed by atoms with Crippen molar-refractivity contribution in [2.75, 3.05) is 31.6 Å². The maximum atomic E-state index is 13.1. The van der Waals surface area contributed by atoms with Crippen LogP contribution in [0.5, 0.6) is 0 Å². The van der Waals surface area contributed by atoms with E-state index in [1.165, 1.54) is 11.2 Å². The van der Waals surface area contributed by atoms with E-state index in [1.54, 1.807) is 31.4 Å². The number of imide groups is 1. The fourth-order valence-corrected chi connectivity index (χ4v) is 7.41. The number of piperidine rings is 1. The molecule has 1 aliphatic rings. The molecule has 0 bridgehead atoms. The van der Waals surface area contributed by atoms with Gasteiger partial charge in [0.1, 0.15) is 14.1 Å². The van der Waals surface area contributed by atoms with Crippen molar-refractivity contribution in [1.29, 1.82) is 0 Å². The van der Waals surface area contributed by atoms with Crippen molar-refractivity contribution in [3.8, 4) is 0 Å². The van der Waals surface area contributed by atoms with Gasteiger partial charge in [-0.15, -0.1) is 22.7 Å². The zero-order valence-electron chi connectivity index (χ0n) is 20.0. The van der Waals surface area contributed by atoms with E-state index in [2.05, 4.69) is 10.6 Å². The van der Waals surface area contributed by atoms with Gasteiger partial charge in [0.2, 0.25) is 5.91 Å². The molecule has 0 aromatic carbocycles. The first-order chi connectivity index (χ1) is 17.1. The Morgan fingerprint density at radius 2 is 1.78 bits per heavy atom. The lowest BCUT2D eigenvalue weighted by Crippen LogP contribution is -2.41. The van der Waals surface area contributed by atoms with Gasteiger partial charge in [0.15, 0.2) is 0 Å². The predicted octanol–water partition coefficient (Wildman–Crippen LogP) is 3.22. The molecule has 3 amide bonds. The van der Waals surface area contributed by atoms with E-state index in [4.69, 9.17) is 9.47 Å². The number of nitrogens with one attached hydrogen (secondary N) is 2. The van der Waals surface area contributed by atoms with Crippen LogP contribution in [0.2, 0.25) is 0 Å². The van der Waals surface area contributed by atoms with Crippen molar-refractivity contribution < 1.29 is 37.1 Å². The lowest BCUT2D eigenvalue weighted by atomic mass is 9.97. The molecule has 2 aromatic heterocycles. The highest BCUT2D eigenvalue weighted by molar-refractivity contribution is 7.91. The van der Waals surface area contributed by atoms with E-state index in [9.17, 15) is 27.6 Å². The van der Waals surface area contributed by atoms with Crippen molar-refractivity contribution in [3.63, 3.8) is 0 Å². The molecule has 0 spiro atoms. The second-order valence-electron chi connectivity index (χ2n) is 7.76. The number of ether oxygens (including phenoxy) is 2. The fraction of sp³-hybridized carbons (Fsp3) is 0.455. The molecule has 1 fully saturated rings. The number of hydrogen-bond acceptors (Lipinski definition) is 10. The Hall–Kier alpha value is -2.81. The van der Waals surface area contributed by atoms with Crippen LogP contribution < -0.4 is 10.6 Å². The minimum Gasteiger partial charge on any atom is -0.462 e. The van der Waals surface area contributed by atoms with E-state index in [0.717, 1.165) is 22.7 Å². The number of sulfonamides is 1. The number of carbonyl (C=O) groups is 4. The second kappa shape index (κ2) is 12.0. The summed E-state index contributed by atoms with van der Waals surface area (Å²) in [6.45, 7) is 5.27. The van der Waals surface area contributed by atoms with Crippen LogP contribution in [-0.2, 0) is 24.3 Å². The van der Waals surface area contributed by atoms with Crippen LogP contribution in [0.3, 0.4) is 0 Å². The molecule has 1 saturated heterocycles. The van der Waals surface area contributed by atoms with Crippen LogP contribution >= 0.6 is 22.7 Å². The molecular formula is C22H27N3O8S3. The monoisotopic (exact) mass is 557 g/mol. The van der Waals surface area contributed by atoms with Crippen LogP contribution in [0.25, 0.3) is 0 Å². The number of esters is 1. The minimum atomic E-state index is -3.60. The smallest absolute Gasteiger partial charge is 0.414 e. The standard InChI is InChI=1S/C22H27N3O8S3/c1-4-32-21(28)17-13(3)16(19(27)24-22(29)33-5-2)20(35-17)23-18(26)14-8-10-25(11-9-14)36(30,31)15-7-6-12-34-15/h6-7,12,14H,4-5,8-11H2,1-3H3,(H,23,26)(H,24,27,29). The maximum absolute atomic E-state index is 13.1. The third-order valence-corrected chi connectivity index (χ3v) is 9.94. The first-order valence-electron chi connectivity index (χ1n) is 11.2. The van der Waals surface area contributed by atoms with Crippen LogP contribution in [0.15, 0.2) is 21.7 Å². The molecule has 36 heavy (non-hydrogen) atoms. The van der Waals surface area contributed by atoms with E-state index in [-0.39, 0.29) is 64.4 Å². The number of nitrogens with zero attached hydrogens (tertiary/aromatic N) is 1. The first kappa shape index (κ1) is 27.8. The Bertz CT molecular complexity index is 1230. The third-order valence-electron chi connectivity index (χ3n) is 5.48. The van der Waals surface area contributed by atoms with Gasteiger partial charge in [0.05, 0.1) is 18.8 Å². The van der Waals surface area contributed by atoms with Gasteiger partial charge in [-0.25, -0.2) is 18.0 Å². The van der Waals surface area contributed by atoms with Crippen LogP contribution in [-0.4, -0.2) is 62.9 Å². The Balaban J connectivity index is 1.76. The number of hydrogen-bond donors (Lipinski definition) is 2. The first-order valence-corrected chi connectivity index (χ1v) is 14.4. The van der Waals surface area contributed by atoms with Gasteiger partial charge in [0.25, 0.3) is 15.9 Å². The molecule has 0 atom stereocenters. The predicted molar refractivity (Wildman–Crippen MR) is 134 cm³/mol. The largest absolute Gasteiger partial charge is 0.462 e. The number of alkyl carbamates (subject to hydrolysis) is 1. The summed E-state index contributed by atoms with van der Waals surface area (Å²) in [4.78, 5) is 50.1. The van der Waals surface area contributed by atoms with Crippen LogP contribution in [0, 0.1) is 12.8 Å². The average molecular weight is 558 g/mol. The molecule has 1 aliphatic heterocycles. The Morgan fingerprint density at radius 3 is 2.36 bits per heavy atom. The van der Waals surface area contributed by atoms with Crippen molar-refractivity contribution >= 4 is 61.6 Å². The quantitative estimate of drug-likeness (QED) is 0.470. The van der Waals surface area contributed by atoms with Gasteiger partial charge in [0, 0.05) is 19.0 Å². The van der Waals surface area contributed by atoms with Crippen molar-refractivity contribution in [3.05, 3.63) is 33.5 Å². The molecule has 0 saturated carbocycles. The summed E-state index contributed by atoms with van der Waals surface area (Å²) >= 11 is 2.01. The number of rotatable bonds is 8. The van der Waals surface area contributed by atoms with Crippen molar-refractivity contribution in [2.45, 2.75) is 37.8 Å². The summed E-state index contributed by atoms with van der Waals surface area (Å²) in [6, 6.07) is 3.21. The van der Waals surface area contributed by atoms with Gasteiger partial charge >= 0.3 is 12.1 Å². The zero-order valence-corrected chi connectivity index (χ0v) is 22.4. The van der Waals surface area contributed by atoms with E-state index in [1.807, 2.05) is 0 Å². The van der Waals surface area contributed by atoms with E-state index in [0.29, 0.717) is 0 Å². The molecule has 3 heterocycles. The summed E-state index contributed by atoms with van der Waals surface area (Å²) in [5.41, 5.74) is 0.217. The number of anilines is 1. The SMILES string of the molecule is CCOC(=O)NC(=O)c1c(NC(=O)C2CCN(S(=O)(=O)c3cccs3)CC2)sc(C(=O)OCC)c1C. The zero-order chi connectivity index (χ0) is 26.5. The van der Waals surface area contributed by atoms with Gasteiger partial charge in [-0.3, -0.25) is 14.9 Å². The molecule has 3 rings (SSSR count). The Kier molecular flexibility index (Phi) is 9.22. The summed E-state index contributed by atoms with van der Waals surface area (Å²) in [6.07, 6.45) is -0.381. The molecule has 196 valence electrons. The molecule has 11 nitrogen and oxygen atoms in total. The average Bonchev–Trinajstić information content (AvgIpc) is 3.48. The Labute approximate surface area is 216 Å². The molecule has 0 unspecified atom stereocenters. The lowest BCUT2D eigenvalue weighted by Gasteiger charge is -2.30. The summed E-state index contributed by atoms with van der Waals surface area (Å²) in [7, 11) is -3.60. The van der Waals surface area contributed by atoms with Gasteiger partial charge in [-0.1, -0.05) is 6.07 Å². The highest BCUT2D eigenvalue weighted by Gasteiger charge is 2.34. The van der Waals surface area contributed by atoms with Crippen LogP contribution in [0.4, 0.5) is 9.80 Å². The van der Waals surface area contributed by atoms with Crippen molar-refractivity contribution in [1.82, 2.24) is 9.62 Å². The molecule has 14 heteroatoms. The van der Waals surface area contributed by atoms with Gasteiger partial charge in [-0.05, 0) is 50.6 Å². The topological polar surface area (TPSA) is 148 Å². The second-order valence-corrected chi connectivity index (χ2v) is 11.9. The number of amides is 3. The normalized spacial score (nSPS) is 14.8. The molecular weight excluding hydrogens is 530 g/mol. The highest BCUT2D eigenvalue weighted by Crippen LogP contribution is 2.35. The fourth-order valence-electron chi connectivity index (χ4n) is 3.70. The van der Waals surface area contributed by atoms with E-state index >= 15 is 0 Å². The molecule has 2 N–H and O–H groups in total. The van der Waals surface area contributed by atoms with Crippen molar-refractivity contribution in [2.24, 2.45) is 5.92 Å². The summed E-state index contributed by atoms with van der Waals surface area (Å²) < 4.78 is 36.9. The molecule has 2 aromatic rings. The third kappa shape index (κ3) is 6.11. The summed E-state index contributed by atoms with van der Waals surface area (Å²) in [5.74, 6) is -2.40. The van der Waals surface area contributed by atoms with Gasteiger partial charge < -0.3 is 14.8 Å². The lowest BCUT2D eigenvalue weighted by molar-refractivity contribution is -0.120. The minimum absolute atomic E-state index is 0.0397. The maximum Gasteiger partial charge on any atom is 0.414 e. The van der Waals surface area contributed by atoms with Gasteiger partial charge in [-0.2, -0.15) is 4.31 Å². The number of thiophene rings is 2.